The number of benzene rings is 2. The molecule has 2 aromatic rings. The van der Waals surface area contributed by atoms with Crippen LogP contribution in [0.1, 0.15) is 15.9 Å². The molecule has 0 aliphatic rings. The molecule has 0 fully saturated rings. The summed E-state index contributed by atoms with van der Waals surface area (Å²) in [5.74, 6) is 0.191. The van der Waals surface area contributed by atoms with Gasteiger partial charge in [-0.25, -0.2) is 0 Å². The number of hydrogen-bond acceptors (Lipinski definition) is 3. The highest BCUT2D eigenvalue weighted by Gasteiger charge is 1.92. The maximum absolute atomic E-state index is 10.5. The second-order valence-corrected chi connectivity index (χ2v) is 3.56. The van der Waals surface area contributed by atoms with Crippen LogP contribution in [0.5, 0.6) is 5.75 Å². The van der Waals surface area contributed by atoms with Crippen molar-refractivity contribution >= 4 is 18.2 Å². The summed E-state index contributed by atoms with van der Waals surface area (Å²) in [6.07, 6.45) is 2.49. The smallest absolute Gasteiger partial charge is 0.150 e. The van der Waals surface area contributed by atoms with Gasteiger partial charge in [0.1, 0.15) is 12.0 Å². The zero-order chi connectivity index (χ0) is 12.1. The molecule has 2 aromatic carbocycles. The van der Waals surface area contributed by atoms with Gasteiger partial charge in [0.2, 0.25) is 0 Å². The molecule has 0 radical (unpaired) electrons. The number of rotatable bonds is 3. The predicted molar refractivity (Wildman–Crippen MR) is 67.2 cm³/mol. The van der Waals surface area contributed by atoms with Crippen LogP contribution in [0.15, 0.2) is 53.5 Å². The van der Waals surface area contributed by atoms with Gasteiger partial charge in [0.05, 0.1) is 5.69 Å². The third-order valence-corrected chi connectivity index (χ3v) is 2.26. The minimum Gasteiger partial charge on any atom is -0.508 e. The van der Waals surface area contributed by atoms with Crippen molar-refractivity contribution in [3.63, 3.8) is 0 Å². The lowest BCUT2D eigenvalue weighted by Gasteiger charge is -1.96. The van der Waals surface area contributed by atoms with E-state index in [1.54, 1.807) is 42.6 Å². The summed E-state index contributed by atoms with van der Waals surface area (Å²) in [7, 11) is 0. The van der Waals surface area contributed by atoms with Crippen molar-refractivity contribution < 1.29 is 9.90 Å². The molecule has 2 rings (SSSR count). The second-order valence-electron chi connectivity index (χ2n) is 3.56. The van der Waals surface area contributed by atoms with Gasteiger partial charge in [0.25, 0.3) is 0 Å². The fourth-order valence-corrected chi connectivity index (χ4v) is 1.38. The van der Waals surface area contributed by atoms with Crippen LogP contribution in [0.25, 0.3) is 0 Å². The van der Waals surface area contributed by atoms with Crippen LogP contribution in [-0.4, -0.2) is 17.6 Å². The minimum atomic E-state index is 0.191. The van der Waals surface area contributed by atoms with Crippen LogP contribution < -0.4 is 0 Å². The Morgan fingerprint density at radius 2 is 1.71 bits per heavy atom. The summed E-state index contributed by atoms with van der Waals surface area (Å²) in [4.78, 5) is 14.7. The van der Waals surface area contributed by atoms with E-state index in [1.165, 1.54) is 0 Å². The van der Waals surface area contributed by atoms with Crippen LogP contribution in [0.3, 0.4) is 0 Å². The molecule has 0 aliphatic heterocycles. The lowest BCUT2D eigenvalue weighted by atomic mass is 10.2. The van der Waals surface area contributed by atoms with E-state index in [9.17, 15) is 9.90 Å². The van der Waals surface area contributed by atoms with Crippen LogP contribution >= 0.6 is 0 Å². The monoisotopic (exact) mass is 225 g/mol. The normalized spacial score (nSPS) is 10.6. The first-order valence-corrected chi connectivity index (χ1v) is 5.16. The molecule has 0 heterocycles. The minimum absolute atomic E-state index is 0.191. The van der Waals surface area contributed by atoms with Crippen LogP contribution in [-0.2, 0) is 0 Å². The number of nitrogens with zero attached hydrogens (tertiary/aromatic N) is 1. The average molecular weight is 225 g/mol. The van der Waals surface area contributed by atoms with Gasteiger partial charge in [-0.2, -0.15) is 0 Å². The lowest BCUT2D eigenvalue weighted by molar-refractivity contribution is 0.112. The largest absolute Gasteiger partial charge is 0.508 e. The fraction of sp³-hybridized carbons (Fsp3) is 0. The SMILES string of the molecule is O=Cc1ccc(C=Nc2cccc(O)c2)cc1. The van der Waals surface area contributed by atoms with Crippen LogP contribution in [0, 0.1) is 0 Å². The van der Waals surface area contributed by atoms with Gasteiger partial charge < -0.3 is 5.11 Å². The zero-order valence-electron chi connectivity index (χ0n) is 9.08. The Balaban J connectivity index is 2.17. The molecular weight excluding hydrogens is 214 g/mol. The van der Waals surface area contributed by atoms with Crippen molar-refractivity contribution in [2.24, 2.45) is 4.99 Å². The number of carbonyl (C=O) groups excluding carboxylic acids is 1. The lowest BCUT2D eigenvalue weighted by Crippen LogP contribution is -1.83. The second kappa shape index (κ2) is 5.07. The highest BCUT2D eigenvalue weighted by Crippen LogP contribution is 2.18. The van der Waals surface area contributed by atoms with E-state index in [1.807, 2.05) is 12.1 Å². The van der Waals surface area contributed by atoms with E-state index in [4.69, 9.17) is 0 Å². The first-order chi connectivity index (χ1) is 8.28. The van der Waals surface area contributed by atoms with Crippen molar-refractivity contribution in [2.75, 3.05) is 0 Å². The van der Waals surface area contributed by atoms with Gasteiger partial charge in [-0.05, 0) is 17.7 Å². The number of phenols is 1. The van der Waals surface area contributed by atoms with E-state index in [-0.39, 0.29) is 5.75 Å². The van der Waals surface area contributed by atoms with Crippen LogP contribution in [0.4, 0.5) is 5.69 Å². The Morgan fingerprint density at radius 3 is 2.35 bits per heavy atom. The summed E-state index contributed by atoms with van der Waals surface area (Å²) in [6, 6.07) is 13.8. The Labute approximate surface area is 99.1 Å². The molecule has 0 aromatic heterocycles. The molecule has 0 unspecified atom stereocenters. The standard InChI is InChI=1S/C14H11NO2/c16-10-12-6-4-11(5-7-12)9-15-13-2-1-3-14(17)8-13/h1-10,17H. The summed E-state index contributed by atoms with van der Waals surface area (Å²) in [5, 5.41) is 9.27. The number of hydrogen-bond donors (Lipinski definition) is 1. The molecule has 0 saturated heterocycles. The van der Waals surface area contributed by atoms with Gasteiger partial charge in [-0.1, -0.05) is 30.3 Å². The molecular formula is C14H11NO2. The molecule has 1 N–H and O–H groups in total. The Hall–Kier alpha value is -2.42. The van der Waals surface area contributed by atoms with E-state index < -0.39 is 0 Å². The maximum atomic E-state index is 10.5. The molecule has 0 bridgehead atoms. The first kappa shape index (κ1) is 11.1. The Kier molecular flexibility index (Phi) is 3.31. The highest BCUT2D eigenvalue weighted by molar-refractivity contribution is 5.84. The first-order valence-electron chi connectivity index (χ1n) is 5.16. The van der Waals surface area contributed by atoms with Gasteiger partial charge in [0.15, 0.2) is 0 Å². The predicted octanol–water partition coefficient (Wildman–Crippen LogP) is 2.96. The molecule has 0 saturated carbocycles. The summed E-state index contributed by atoms with van der Waals surface area (Å²) in [6.45, 7) is 0. The third-order valence-electron chi connectivity index (χ3n) is 2.26. The number of phenolic OH excluding ortho intramolecular Hbond substituents is 1. The molecule has 3 nitrogen and oxygen atoms in total. The summed E-state index contributed by atoms with van der Waals surface area (Å²) >= 11 is 0. The highest BCUT2D eigenvalue weighted by atomic mass is 16.3. The summed E-state index contributed by atoms with van der Waals surface area (Å²) < 4.78 is 0. The number of aliphatic imine (C=N–C) groups is 1. The van der Waals surface area contributed by atoms with Crippen molar-refractivity contribution in [1.82, 2.24) is 0 Å². The zero-order valence-corrected chi connectivity index (χ0v) is 9.08. The number of aromatic hydroxyl groups is 1. The van der Waals surface area contributed by atoms with Crippen LogP contribution in [0.2, 0.25) is 0 Å². The Bertz CT molecular complexity index is 544. The molecule has 0 amide bonds. The molecule has 84 valence electrons. The van der Waals surface area contributed by atoms with Gasteiger partial charge >= 0.3 is 0 Å². The molecule has 0 aliphatic carbocycles. The van der Waals surface area contributed by atoms with E-state index in [2.05, 4.69) is 4.99 Å². The van der Waals surface area contributed by atoms with E-state index in [0.717, 1.165) is 11.8 Å². The molecule has 0 spiro atoms. The number of carbonyl (C=O) groups is 1. The van der Waals surface area contributed by atoms with Gasteiger partial charge in [-0.15, -0.1) is 0 Å². The van der Waals surface area contributed by atoms with Crippen molar-refractivity contribution in [1.29, 1.82) is 0 Å². The average Bonchev–Trinajstić information content (AvgIpc) is 2.37. The van der Waals surface area contributed by atoms with Crippen molar-refractivity contribution in [2.45, 2.75) is 0 Å². The van der Waals surface area contributed by atoms with E-state index >= 15 is 0 Å². The van der Waals surface area contributed by atoms with Crippen molar-refractivity contribution in [3.05, 3.63) is 59.7 Å². The topological polar surface area (TPSA) is 49.7 Å². The number of aldehydes is 1. The Morgan fingerprint density at radius 1 is 1.00 bits per heavy atom. The summed E-state index contributed by atoms with van der Waals surface area (Å²) in [5.41, 5.74) is 2.22. The van der Waals surface area contributed by atoms with Gasteiger partial charge in [0, 0.05) is 17.8 Å². The quantitative estimate of drug-likeness (QED) is 0.645. The molecule has 0 atom stereocenters. The van der Waals surface area contributed by atoms with Crippen molar-refractivity contribution in [3.8, 4) is 5.75 Å². The van der Waals surface area contributed by atoms with Gasteiger partial charge in [-0.3, -0.25) is 9.79 Å². The van der Waals surface area contributed by atoms with E-state index in [0.29, 0.717) is 11.3 Å². The molecule has 3 heteroatoms. The molecule has 17 heavy (non-hydrogen) atoms. The fourth-order valence-electron chi connectivity index (χ4n) is 1.38. The maximum Gasteiger partial charge on any atom is 0.150 e. The third kappa shape index (κ3) is 3.01.